The van der Waals surface area contributed by atoms with Gasteiger partial charge in [-0.05, 0) is 18.6 Å². The van der Waals surface area contributed by atoms with E-state index in [1.54, 1.807) is 6.92 Å². The Balaban J connectivity index is 2.89. The molecule has 14 heavy (non-hydrogen) atoms. The Morgan fingerprint density at radius 1 is 1.57 bits per heavy atom. The van der Waals surface area contributed by atoms with Crippen molar-refractivity contribution in [3.63, 3.8) is 0 Å². The Kier molecular flexibility index (Phi) is 3.17. The van der Waals surface area contributed by atoms with Crippen LogP contribution in [0.5, 0.6) is 5.75 Å². The third kappa shape index (κ3) is 2.29. The zero-order chi connectivity index (χ0) is 10.6. The molecule has 0 amide bonds. The second-order valence-corrected chi connectivity index (χ2v) is 2.68. The van der Waals surface area contributed by atoms with E-state index in [4.69, 9.17) is 4.74 Å². The highest BCUT2D eigenvalue weighted by molar-refractivity contribution is 5.52. The normalized spacial score (nSPS) is 9.50. The molecule has 0 bridgehead atoms. The van der Waals surface area contributed by atoms with Gasteiger partial charge in [0.15, 0.2) is 6.29 Å². The number of aldehydes is 1. The van der Waals surface area contributed by atoms with E-state index in [0.717, 1.165) is 0 Å². The summed E-state index contributed by atoms with van der Waals surface area (Å²) in [7, 11) is 0. The van der Waals surface area contributed by atoms with Crippen LogP contribution in [0.3, 0.4) is 0 Å². The summed E-state index contributed by atoms with van der Waals surface area (Å²) in [5.41, 5.74) is 0.655. The maximum atomic E-state index is 10.4. The van der Waals surface area contributed by atoms with Gasteiger partial charge in [-0.25, -0.2) is 0 Å². The van der Waals surface area contributed by atoms with Crippen LogP contribution in [0.25, 0.3) is 0 Å². The van der Waals surface area contributed by atoms with E-state index in [9.17, 15) is 14.9 Å². The van der Waals surface area contributed by atoms with Crippen molar-refractivity contribution in [3.05, 3.63) is 33.9 Å². The third-order valence-electron chi connectivity index (χ3n) is 1.68. The number of non-ortho nitro benzene ring substituents is 1. The molecule has 0 radical (unpaired) electrons. The smallest absolute Gasteiger partial charge is 0.269 e. The first-order chi connectivity index (χ1) is 6.65. The zero-order valence-electron chi connectivity index (χ0n) is 7.60. The van der Waals surface area contributed by atoms with E-state index in [1.165, 1.54) is 18.2 Å². The standard InChI is InChI=1S/C9H9NO4/c1-7-6-8(10(12)13)2-3-9(7)14-5-4-11/h2-4,6H,5H2,1H3. The molecular weight excluding hydrogens is 186 g/mol. The fourth-order valence-electron chi connectivity index (χ4n) is 1.03. The summed E-state index contributed by atoms with van der Waals surface area (Å²) in [4.78, 5) is 19.9. The number of nitro groups is 1. The van der Waals surface area contributed by atoms with Crippen LogP contribution < -0.4 is 4.74 Å². The van der Waals surface area contributed by atoms with Crippen molar-refractivity contribution in [2.24, 2.45) is 0 Å². The van der Waals surface area contributed by atoms with Crippen molar-refractivity contribution in [2.45, 2.75) is 6.92 Å². The van der Waals surface area contributed by atoms with Crippen LogP contribution in [0.2, 0.25) is 0 Å². The molecule has 0 N–H and O–H groups in total. The molecule has 1 aromatic carbocycles. The summed E-state index contributed by atoms with van der Waals surface area (Å²) in [5, 5.41) is 10.4. The first kappa shape index (κ1) is 10.2. The van der Waals surface area contributed by atoms with E-state index >= 15 is 0 Å². The highest BCUT2D eigenvalue weighted by atomic mass is 16.6. The highest BCUT2D eigenvalue weighted by Gasteiger charge is 2.08. The number of nitrogens with zero attached hydrogens (tertiary/aromatic N) is 1. The summed E-state index contributed by atoms with van der Waals surface area (Å²) in [6, 6.07) is 4.23. The van der Waals surface area contributed by atoms with Gasteiger partial charge < -0.3 is 4.74 Å². The molecule has 0 atom stereocenters. The molecule has 0 aliphatic heterocycles. The molecule has 74 valence electrons. The van der Waals surface area contributed by atoms with Gasteiger partial charge >= 0.3 is 0 Å². The topological polar surface area (TPSA) is 69.4 Å². The average Bonchev–Trinajstić information content (AvgIpc) is 2.15. The molecule has 1 rings (SSSR count). The molecule has 0 saturated heterocycles. The molecule has 0 heterocycles. The quantitative estimate of drug-likeness (QED) is 0.414. The molecule has 0 aliphatic carbocycles. The molecule has 0 aromatic heterocycles. The second kappa shape index (κ2) is 4.36. The fraction of sp³-hybridized carbons (Fsp3) is 0.222. The predicted molar refractivity (Wildman–Crippen MR) is 49.4 cm³/mol. The van der Waals surface area contributed by atoms with Crippen LogP contribution >= 0.6 is 0 Å². The average molecular weight is 195 g/mol. The van der Waals surface area contributed by atoms with E-state index < -0.39 is 4.92 Å². The number of benzene rings is 1. The highest BCUT2D eigenvalue weighted by Crippen LogP contribution is 2.22. The first-order valence-electron chi connectivity index (χ1n) is 3.96. The summed E-state index contributed by atoms with van der Waals surface area (Å²) in [5.74, 6) is 0.489. The number of nitro benzene ring substituents is 1. The summed E-state index contributed by atoms with van der Waals surface area (Å²) in [6.45, 7) is 1.64. The Morgan fingerprint density at radius 2 is 2.29 bits per heavy atom. The molecule has 1 aromatic rings. The van der Waals surface area contributed by atoms with Gasteiger partial charge in [-0.3, -0.25) is 14.9 Å². The monoisotopic (exact) mass is 195 g/mol. The number of carbonyl (C=O) groups is 1. The van der Waals surface area contributed by atoms with E-state index in [-0.39, 0.29) is 12.3 Å². The first-order valence-corrected chi connectivity index (χ1v) is 3.96. The lowest BCUT2D eigenvalue weighted by Gasteiger charge is -2.04. The maximum Gasteiger partial charge on any atom is 0.269 e. The van der Waals surface area contributed by atoms with Crippen LogP contribution in [0.1, 0.15) is 5.56 Å². The van der Waals surface area contributed by atoms with Gasteiger partial charge in [0, 0.05) is 12.1 Å². The largest absolute Gasteiger partial charge is 0.486 e. The van der Waals surface area contributed by atoms with Gasteiger partial charge in [-0.15, -0.1) is 0 Å². The molecule has 0 unspecified atom stereocenters. The van der Waals surface area contributed by atoms with Crippen LogP contribution in [0.15, 0.2) is 18.2 Å². The van der Waals surface area contributed by atoms with Crippen LogP contribution in [-0.2, 0) is 4.79 Å². The molecule has 0 saturated carbocycles. The molecule has 0 aliphatic rings. The van der Waals surface area contributed by atoms with Crippen LogP contribution in [-0.4, -0.2) is 17.8 Å². The Morgan fingerprint density at radius 3 is 2.79 bits per heavy atom. The lowest BCUT2D eigenvalue weighted by Crippen LogP contribution is -1.99. The second-order valence-electron chi connectivity index (χ2n) is 2.68. The summed E-state index contributed by atoms with van der Waals surface area (Å²) >= 11 is 0. The molecule has 0 spiro atoms. The Labute approximate surface area is 80.5 Å². The molecular formula is C9H9NO4. The number of ether oxygens (including phenoxy) is 1. The number of hydrogen-bond acceptors (Lipinski definition) is 4. The van der Waals surface area contributed by atoms with Gasteiger partial charge in [-0.2, -0.15) is 0 Å². The number of hydrogen-bond donors (Lipinski definition) is 0. The van der Waals surface area contributed by atoms with E-state index in [1.807, 2.05) is 0 Å². The minimum Gasteiger partial charge on any atom is -0.486 e. The van der Waals surface area contributed by atoms with Crippen LogP contribution in [0, 0.1) is 17.0 Å². The van der Waals surface area contributed by atoms with Crippen molar-refractivity contribution in [3.8, 4) is 5.75 Å². The van der Waals surface area contributed by atoms with E-state index in [0.29, 0.717) is 17.6 Å². The lowest BCUT2D eigenvalue weighted by atomic mass is 10.2. The van der Waals surface area contributed by atoms with Crippen molar-refractivity contribution >= 4 is 12.0 Å². The van der Waals surface area contributed by atoms with Gasteiger partial charge in [-0.1, -0.05) is 0 Å². The molecule has 5 nitrogen and oxygen atoms in total. The molecule has 0 fully saturated rings. The van der Waals surface area contributed by atoms with Gasteiger partial charge in [0.1, 0.15) is 12.4 Å². The SMILES string of the molecule is Cc1cc([N+](=O)[O-])ccc1OCC=O. The summed E-state index contributed by atoms with van der Waals surface area (Å²) in [6.07, 6.45) is 0.626. The maximum absolute atomic E-state index is 10.4. The van der Waals surface area contributed by atoms with Gasteiger partial charge in [0.2, 0.25) is 0 Å². The number of carbonyl (C=O) groups excluding carboxylic acids is 1. The van der Waals surface area contributed by atoms with Crippen molar-refractivity contribution in [1.29, 1.82) is 0 Å². The van der Waals surface area contributed by atoms with Crippen molar-refractivity contribution < 1.29 is 14.5 Å². The minimum atomic E-state index is -0.476. The van der Waals surface area contributed by atoms with E-state index in [2.05, 4.69) is 0 Å². The zero-order valence-corrected chi connectivity index (χ0v) is 7.60. The fourth-order valence-corrected chi connectivity index (χ4v) is 1.03. The third-order valence-corrected chi connectivity index (χ3v) is 1.68. The Hall–Kier alpha value is -1.91. The number of rotatable bonds is 4. The minimum absolute atomic E-state index is 0.0148. The number of aryl methyl sites for hydroxylation is 1. The van der Waals surface area contributed by atoms with Gasteiger partial charge in [0.05, 0.1) is 4.92 Å². The van der Waals surface area contributed by atoms with Crippen LogP contribution in [0.4, 0.5) is 5.69 Å². The predicted octanol–water partition coefficient (Wildman–Crippen LogP) is 1.48. The van der Waals surface area contributed by atoms with Crippen molar-refractivity contribution in [2.75, 3.05) is 6.61 Å². The molecule has 5 heteroatoms. The van der Waals surface area contributed by atoms with Crippen molar-refractivity contribution in [1.82, 2.24) is 0 Å². The summed E-state index contributed by atoms with van der Waals surface area (Å²) < 4.78 is 5.03. The Bertz CT molecular complexity index is 362. The lowest BCUT2D eigenvalue weighted by molar-refractivity contribution is -0.384. The van der Waals surface area contributed by atoms with Gasteiger partial charge in [0.25, 0.3) is 5.69 Å².